The number of rotatable bonds is 3. The maximum atomic E-state index is 5.33. The Morgan fingerprint density at radius 3 is 2.53 bits per heavy atom. The van der Waals surface area contributed by atoms with Crippen molar-refractivity contribution < 1.29 is 4.74 Å². The molecule has 1 aromatic carbocycles. The van der Waals surface area contributed by atoms with E-state index in [0.29, 0.717) is 0 Å². The molecule has 2 rings (SSSR count). The van der Waals surface area contributed by atoms with E-state index in [4.69, 9.17) is 4.74 Å². The number of nitrogens with zero attached hydrogens (tertiary/aromatic N) is 1. The number of methoxy groups -OCH3 is 1. The molecule has 1 aliphatic rings. The van der Waals surface area contributed by atoms with Crippen LogP contribution < -0.4 is 4.74 Å². The van der Waals surface area contributed by atoms with E-state index < -0.39 is 0 Å². The predicted molar refractivity (Wildman–Crippen MR) is 74.4 cm³/mol. The summed E-state index contributed by atoms with van der Waals surface area (Å²) in [5.74, 6) is 0.928. The number of ether oxygens (including phenoxy) is 1. The van der Waals surface area contributed by atoms with Gasteiger partial charge in [0.1, 0.15) is 5.75 Å². The fraction of sp³-hybridized carbons (Fsp3) is 0.571. The standard InChI is InChI=1S/C14H20BrNO/c1-17-14-10-12(6-7-13(14)15)11-16-8-4-2-3-5-9-16/h6-7,10H,2-5,8-9,11H2,1H3. The van der Waals surface area contributed by atoms with Gasteiger partial charge in [-0.05, 0) is 59.6 Å². The first kappa shape index (κ1) is 12.9. The van der Waals surface area contributed by atoms with Crippen LogP contribution in [0.15, 0.2) is 22.7 Å². The predicted octanol–water partition coefficient (Wildman–Crippen LogP) is 3.83. The third kappa shape index (κ3) is 3.71. The van der Waals surface area contributed by atoms with Gasteiger partial charge in [0.05, 0.1) is 11.6 Å². The second-order valence-corrected chi connectivity index (χ2v) is 5.51. The van der Waals surface area contributed by atoms with Crippen LogP contribution in [0.5, 0.6) is 5.75 Å². The van der Waals surface area contributed by atoms with Crippen molar-refractivity contribution in [3.05, 3.63) is 28.2 Å². The van der Waals surface area contributed by atoms with Crippen LogP contribution in [-0.2, 0) is 6.54 Å². The highest BCUT2D eigenvalue weighted by Crippen LogP contribution is 2.26. The second-order valence-electron chi connectivity index (χ2n) is 4.66. The third-order valence-corrected chi connectivity index (χ3v) is 3.98. The number of likely N-dealkylation sites (tertiary alicyclic amines) is 1. The zero-order valence-corrected chi connectivity index (χ0v) is 12.0. The molecule has 1 aliphatic heterocycles. The maximum Gasteiger partial charge on any atom is 0.133 e. The molecule has 1 aromatic rings. The van der Waals surface area contributed by atoms with Crippen molar-refractivity contribution in [3.8, 4) is 5.75 Å². The van der Waals surface area contributed by atoms with Crippen LogP contribution in [0.3, 0.4) is 0 Å². The van der Waals surface area contributed by atoms with Crippen molar-refractivity contribution in [1.29, 1.82) is 0 Å². The van der Waals surface area contributed by atoms with Crippen LogP contribution in [0.2, 0.25) is 0 Å². The molecule has 17 heavy (non-hydrogen) atoms. The van der Waals surface area contributed by atoms with E-state index in [0.717, 1.165) is 16.8 Å². The van der Waals surface area contributed by atoms with Crippen LogP contribution in [0.1, 0.15) is 31.2 Å². The van der Waals surface area contributed by atoms with Crippen LogP contribution >= 0.6 is 15.9 Å². The van der Waals surface area contributed by atoms with Crippen LogP contribution in [0.4, 0.5) is 0 Å². The zero-order chi connectivity index (χ0) is 12.1. The molecule has 0 spiro atoms. The molecule has 1 heterocycles. The molecular formula is C14H20BrNO. The summed E-state index contributed by atoms with van der Waals surface area (Å²) < 4.78 is 6.36. The molecule has 0 radical (unpaired) electrons. The van der Waals surface area contributed by atoms with Gasteiger partial charge in [0.2, 0.25) is 0 Å². The summed E-state index contributed by atoms with van der Waals surface area (Å²) in [7, 11) is 1.72. The first-order valence-electron chi connectivity index (χ1n) is 6.34. The molecule has 0 unspecified atom stereocenters. The molecule has 2 nitrogen and oxygen atoms in total. The summed E-state index contributed by atoms with van der Waals surface area (Å²) in [6.07, 6.45) is 5.46. The molecule has 3 heteroatoms. The fourth-order valence-electron chi connectivity index (χ4n) is 2.36. The van der Waals surface area contributed by atoms with Crippen LogP contribution in [0, 0.1) is 0 Å². The molecule has 1 fully saturated rings. The molecule has 0 bridgehead atoms. The summed E-state index contributed by atoms with van der Waals surface area (Å²) in [6, 6.07) is 6.39. The Balaban J connectivity index is 2.01. The largest absolute Gasteiger partial charge is 0.496 e. The molecule has 0 atom stereocenters. The topological polar surface area (TPSA) is 12.5 Å². The minimum Gasteiger partial charge on any atom is -0.496 e. The van der Waals surface area contributed by atoms with Gasteiger partial charge in [-0.1, -0.05) is 18.9 Å². The first-order chi connectivity index (χ1) is 8.29. The van der Waals surface area contributed by atoms with E-state index >= 15 is 0 Å². The Labute approximate surface area is 112 Å². The fourth-order valence-corrected chi connectivity index (χ4v) is 2.76. The highest BCUT2D eigenvalue weighted by molar-refractivity contribution is 9.10. The number of hydrogen-bond acceptors (Lipinski definition) is 2. The van der Waals surface area contributed by atoms with E-state index in [2.05, 4.69) is 39.0 Å². The van der Waals surface area contributed by atoms with Gasteiger partial charge in [-0.25, -0.2) is 0 Å². The van der Waals surface area contributed by atoms with Gasteiger partial charge in [0, 0.05) is 6.54 Å². The Morgan fingerprint density at radius 2 is 1.88 bits per heavy atom. The van der Waals surface area contributed by atoms with Crippen molar-refractivity contribution in [2.24, 2.45) is 0 Å². The van der Waals surface area contributed by atoms with Gasteiger partial charge in [-0.2, -0.15) is 0 Å². The normalized spacial score (nSPS) is 17.8. The lowest BCUT2D eigenvalue weighted by Crippen LogP contribution is -2.23. The van der Waals surface area contributed by atoms with Gasteiger partial charge in [-0.3, -0.25) is 4.90 Å². The van der Waals surface area contributed by atoms with Crippen molar-refractivity contribution in [2.75, 3.05) is 20.2 Å². The molecule has 0 aromatic heterocycles. The lowest BCUT2D eigenvalue weighted by Gasteiger charge is -2.20. The van der Waals surface area contributed by atoms with E-state index in [-0.39, 0.29) is 0 Å². The monoisotopic (exact) mass is 297 g/mol. The van der Waals surface area contributed by atoms with Crippen molar-refractivity contribution in [3.63, 3.8) is 0 Å². The lowest BCUT2D eigenvalue weighted by atomic mass is 10.2. The first-order valence-corrected chi connectivity index (χ1v) is 7.13. The molecule has 0 N–H and O–H groups in total. The zero-order valence-electron chi connectivity index (χ0n) is 10.4. The summed E-state index contributed by atoms with van der Waals surface area (Å²) in [4.78, 5) is 2.55. The van der Waals surface area contributed by atoms with Gasteiger partial charge < -0.3 is 4.74 Å². The average molecular weight is 298 g/mol. The van der Waals surface area contributed by atoms with E-state index in [1.807, 2.05) is 0 Å². The molecule has 0 aliphatic carbocycles. The average Bonchev–Trinajstić information content (AvgIpc) is 2.60. The minimum atomic E-state index is 0.928. The molecular weight excluding hydrogens is 278 g/mol. The molecule has 94 valence electrons. The smallest absolute Gasteiger partial charge is 0.133 e. The summed E-state index contributed by atoms with van der Waals surface area (Å²) in [5.41, 5.74) is 1.34. The third-order valence-electron chi connectivity index (χ3n) is 3.32. The van der Waals surface area contributed by atoms with Crippen molar-refractivity contribution in [1.82, 2.24) is 4.90 Å². The van der Waals surface area contributed by atoms with E-state index in [9.17, 15) is 0 Å². The highest BCUT2D eigenvalue weighted by atomic mass is 79.9. The maximum absolute atomic E-state index is 5.33. The van der Waals surface area contributed by atoms with E-state index in [1.54, 1.807) is 7.11 Å². The van der Waals surface area contributed by atoms with Crippen molar-refractivity contribution >= 4 is 15.9 Å². The van der Waals surface area contributed by atoms with Gasteiger partial charge >= 0.3 is 0 Å². The van der Waals surface area contributed by atoms with Gasteiger partial charge in [0.25, 0.3) is 0 Å². The lowest BCUT2D eigenvalue weighted by molar-refractivity contribution is 0.276. The Kier molecular flexibility index (Phi) is 4.86. The Hall–Kier alpha value is -0.540. The molecule has 0 amide bonds. The van der Waals surface area contributed by atoms with Crippen LogP contribution in [0.25, 0.3) is 0 Å². The molecule has 0 saturated carbocycles. The number of benzene rings is 1. The van der Waals surface area contributed by atoms with Crippen molar-refractivity contribution in [2.45, 2.75) is 32.2 Å². The second kappa shape index (κ2) is 6.41. The quantitative estimate of drug-likeness (QED) is 0.841. The van der Waals surface area contributed by atoms with Crippen LogP contribution in [-0.4, -0.2) is 25.1 Å². The van der Waals surface area contributed by atoms with Gasteiger partial charge in [-0.15, -0.1) is 0 Å². The number of halogens is 1. The SMILES string of the molecule is COc1cc(CN2CCCCCC2)ccc1Br. The molecule has 1 saturated heterocycles. The Morgan fingerprint density at radius 1 is 1.18 bits per heavy atom. The Bertz CT molecular complexity index is 359. The summed E-state index contributed by atoms with van der Waals surface area (Å²) in [6.45, 7) is 3.51. The summed E-state index contributed by atoms with van der Waals surface area (Å²) in [5, 5.41) is 0. The minimum absolute atomic E-state index is 0.928. The van der Waals surface area contributed by atoms with Gasteiger partial charge in [0.15, 0.2) is 0 Å². The summed E-state index contributed by atoms with van der Waals surface area (Å²) >= 11 is 3.49. The van der Waals surface area contributed by atoms with E-state index in [1.165, 1.54) is 44.3 Å². The number of hydrogen-bond donors (Lipinski definition) is 0. The highest BCUT2D eigenvalue weighted by Gasteiger charge is 2.10.